The Morgan fingerprint density at radius 3 is 2.14 bits per heavy atom. The Labute approximate surface area is 79.2 Å². The third kappa shape index (κ3) is 1.88. The van der Waals surface area contributed by atoms with Crippen molar-refractivity contribution in [1.82, 2.24) is 0 Å². The van der Waals surface area contributed by atoms with Gasteiger partial charge >= 0.3 is 5.97 Å². The van der Waals surface area contributed by atoms with Crippen LogP contribution in [-0.4, -0.2) is 11.1 Å². The van der Waals surface area contributed by atoms with Crippen LogP contribution < -0.4 is 5.73 Å². The van der Waals surface area contributed by atoms with Gasteiger partial charge in [-0.05, 0) is 24.6 Å². The van der Waals surface area contributed by atoms with Gasteiger partial charge in [-0.25, -0.2) is 13.6 Å². The Hall–Kier alpha value is -1.49. The maximum Gasteiger partial charge on any atom is 0.328 e. The van der Waals surface area contributed by atoms with Gasteiger partial charge in [0.25, 0.3) is 0 Å². The highest BCUT2D eigenvalue weighted by Gasteiger charge is 2.31. The minimum atomic E-state index is -1.79. The summed E-state index contributed by atoms with van der Waals surface area (Å²) in [4.78, 5) is 10.7. The third-order valence-electron chi connectivity index (χ3n) is 1.91. The smallest absolute Gasteiger partial charge is 0.328 e. The van der Waals surface area contributed by atoms with E-state index >= 15 is 0 Å². The van der Waals surface area contributed by atoms with E-state index in [4.69, 9.17) is 10.8 Å². The monoisotopic (exact) mass is 201 g/mol. The molecule has 1 aromatic carbocycles. The van der Waals surface area contributed by atoms with E-state index in [1.165, 1.54) is 6.92 Å². The molecule has 0 aliphatic carbocycles. The molecule has 0 aliphatic heterocycles. The minimum absolute atomic E-state index is 0.109. The van der Waals surface area contributed by atoms with Gasteiger partial charge in [0.2, 0.25) is 0 Å². The quantitative estimate of drug-likeness (QED) is 0.756. The summed E-state index contributed by atoms with van der Waals surface area (Å²) in [5.41, 5.74) is 3.49. The molecule has 0 aliphatic rings. The number of rotatable bonds is 2. The van der Waals surface area contributed by atoms with Crippen LogP contribution in [0.3, 0.4) is 0 Å². The van der Waals surface area contributed by atoms with E-state index in [-0.39, 0.29) is 5.56 Å². The molecule has 0 heterocycles. The van der Waals surface area contributed by atoms with E-state index in [1.807, 2.05) is 0 Å². The molecular weight excluding hydrogens is 192 g/mol. The molecule has 0 radical (unpaired) electrons. The van der Waals surface area contributed by atoms with Crippen molar-refractivity contribution >= 4 is 5.97 Å². The van der Waals surface area contributed by atoms with Crippen molar-refractivity contribution < 1.29 is 18.7 Å². The van der Waals surface area contributed by atoms with Crippen molar-refractivity contribution in [3.05, 3.63) is 35.4 Å². The van der Waals surface area contributed by atoms with E-state index in [0.717, 1.165) is 12.1 Å². The fraction of sp³-hybridized carbons (Fsp3) is 0.222. The van der Waals surface area contributed by atoms with Crippen LogP contribution in [0.5, 0.6) is 0 Å². The molecule has 3 N–H and O–H groups in total. The Morgan fingerprint density at radius 2 is 1.79 bits per heavy atom. The average molecular weight is 201 g/mol. The van der Waals surface area contributed by atoms with Gasteiger partial charge in [0.1, 0.15) is 17.2 Å². The first-order valence-electron chi connectivity index (χ1n) is 3.83. The molecule has 0 spiro atoms. The third-order valence-corrected chi connectivity index (χ3v) is 1.91. The molecule has 0 fully saturated rings. The van der Waals surface area contributed by atoms with Crippen LogP contribution >= 0.6 is 0 Å². The molecule has 0 bridgehead atoms. The van der Waals surface area contributed by atoms with Crippen molar-refractivity contribution in [2.45, 2.75) is 12.5 Å². The van der Waals surface area contributed by atoms with E-state index in [1.54, 1.807) is 0 Å². The fourth-order valence-electron chi connectivity index (χ4n) is 0.977. The standard InChI is InChI=1S/C9H9F2NO2/c1-9(12,8(13)14)5-2-6(10)4-7(11)3-5/h2-4H,12H2,1H3,(H,13,14). The van der Waals surface area contributed by atoms with Crippen LogP contribution in [0, 0.1) is 11.6 Å². The van der Waals surface area contributed by atoms with Gasteiger partial charge in [-0.2, -0.15) is 0 Å². The van der Waals surface area contributed by atoms with Crippen molar-refractivity contribution in [3.8, 4) is 0 Å². The summed E-state index contributed by atoms with van der Waals surface area (Å²) in [6, 6.07) is 2.45. The summed E-state index contributed by atoms with van der Waals surface area (Å²) in [7, 11) is 0. The summed E-state index contributed by atoms with van der Waals surface area (Å²) in [6.45, 7) is 1.17. The minimum Gasteiger partial charge on any atom is -0.480 e. The molecule has 3 nitrogen and oxygen atoms in total. The normalized spacial score (nSPS) is 14.9. The Kier molecular flexibility index (Phi) is 2.53. The number of hydrogen-bond acceptors (Lipinski definition) is 2. The van der Waals surface area contributed by atoms with Gasteiger partial charge < -0.3 is 10.8 Å². The number of carboxylic acids is 1. The number of hydrogen-bond donors (Lipinski definition) is 2. The second kappa shape index (κ2) is 3.34. The van der Waals surface area contributed by atoms with Crippen LogP contribution in [0.15, 0.2) is 18.2 Å². The molecule has 76 valence electrons. The van der Waals surface area contributed by atoms with Gasteiger partial charge in [0, 0.05) is 6.07 Å². The number of carboxylic acid groups (broad SMARTS) is 1. The first-order valence-corrected chi connectivity index (χ1v) is 3.83. The topological polar surface area (TPSA) is 63.3 Å². The molecule has 1 rings (SSSR count). The second-order valence-electron chi connectivity index (χ2n) is 3.17. The molecular formula is C9H9F2NO2. The summed E-state index contributed by atoms with van der Waals surface area (Å²) < 4.78 is 25.5. The lowest BCUT2D eigenvalue weighted by Gasteiger charge is -2.19. The number of benzene rings is 1. The molecule has 14 heavy (non-hydrogen) atoms. The molecule has 1 unspecified atom stereocenters. The van der Waals surface area contributed by atoms with E-state index in [9.17, 15) is 13.6 Å². The van der Waals surface area contributed by atoms with Crippen molar-refractivity contribution in [2.75, 3.05) is 0 Å². The number of aliphatic carboxylic acids is 1. The van der Waals surface area contributed by atoms with Crippen LogP contribution in [0.4, 0.5) is 8.78 Å². The highest BCUT2D eigenvalue weighted by atomic mass is 19.1. The predicted octanol–water partition coefficient (Wildman–Crippen LogP) is 1.22. The summed E-state index contributed by atoms with van der Waals surface area (Å²) in [5, 5.41) is 8.71. The first-order chi connectivity index (χ1) is 6.34. The summed E-state index contributed by atoms with van der Waals surface area (Å²) >= 11 is 0. The maximum absolute atomic E-state index is 12.7. The molecule has 0 saturated heterocycles. The number of carbonyl (C=O) groups is 1. The molecule has 0 aromatic heterocycles. The average Bonchev–Trinajstić information content (AvgIpc) is 2.01. The lowest BCUT2D eigenvalue weighted by molar-refractivity contribution is -0.143. The predicted molar refractivity (Wildman–Crippen MR) is 45.5 cm³/mol. The molecule has 0 saturated carbocycles. The number of nitrogens with two attached hydrogens (primary N) is 1. The zero-order valence-electron chi connectivity index (χ0n) is 7.42. The number of halogens is 2. The summed E-state index contributed by atoms with van der Waals surface area (Å²) in [6.07, 6.45) is 0. The highest BCUT2D eigenvalue weighted by Crippen LogP contribution is 2.20. The maximum atomic E-state index is 12.7. The van der Waals surface area contributed by atoms with Crippen LogP contribution in [0.1, 0.15) is 12.5 Å². The van der Waals surface area contributed by atoms with Gasteiger partial charge in [0.05, 0.1) is 0 Å². The molecule has 0 amide bonds. The van der Waals surface area contributed by atoms with E-state index in [2.05, 4.69) is 0 Å². The lowest BCUT2D eigenvalue weighted by Crippen LogP contribution is -2.41. The Balaban J connectivity index is 3.25. The van der Waals surface area contributed by atoms with Crippen molar-refractivity contribution in [3.63, 3.8) is 0 Å². The molecule has 1 aromatic rings. The van der Waals surface area contributed by atoms with Crippen molar-refractivity contribution in [2.24, 2.45) is 5.73 Å². The van der Waals surface area contributed by atoms with Crippen molar-refractivity contribution in [1.29, 1.82) is 0 Å². The summed E-state index contributed by atoms with van der Waals surface area (Å²) in [5.74, 6) is -3.04. The highest BCUT2D eigenvalue weighted by molar-refractivity contribution is 5.79. The van der Waals surface area contributed by atoms with Crippen LogP contribution in [-0.2, 0) is 10.3 Å². The largest absolute Gasteiger partial charge is 0.480 e. The Morgan fingerprint density at radius 1 is 1.36 bits per heavy atom. The van der Waals surface area contributed by atoms with Gasteiger partial charge in [0.15, 0.2) is 0 Å². The van der Waals surface area contributed by atoms with Gasteiger partial charge in [-0.15, -0.1) is 0 Å². The first kappa shape index (κ1) is 10.6. The molecule has 1 atom stereocenters. The fourth-order valence-corrected chi connectivity index (χ4v) is 0.977. The van der Waals surface area contributed by atoms with Gasteiger partial charge in [-0.1, -0.05) is 0 Å². The van der Waals surface area contributed by atoms with Crippen LogP contribution in [0.25, 0.3) is 0 Å². The zero-order chi connectivity index (χ0) is 10.9. The van der Waals surface area contributed by atoms with E-state index in [0.29, 0.717) is 6.07 Å². The second-order valence-corrected chi connectivity index (χ2v) is 3.17. The van der Waals surface area contributed by atoms with E-state index < -0.39 is 23.1 Å². The van der Waals surface area contributed by atoms with Crippen LogP contribution in [0.2, 0.25) is 0 Å². The lowest BCUT2D eigenvalue weighted by atomic mass is 9.93. The SMILES string of the molecule is CC(N)(C(=O)O)c1cc(F)cc(F)c1. The zero-order valence-corrected chi connectivity index (χ0v) is 7.42. The molecule has 5 heteroatoms. The van der Waals surface area contributed by atoms with Gasteiger partial charge in [-0.3, -0.25) is 0 Å². The Bertz CT molecular complexity index is 357.